The van der Waals surface area contributed by atoms with Crippen molar-refractivity contribution in [2.24, 2.45) is 0 Å². The molecular weight excluding hydrogens is 258 g/mol. The topological polar surface area (TPSA) is 28.2 Å². The average Bonchev–Trinajstić information content (AvgIpc) is 2.46. The summed E-state index contributed by atoms with van der Waals surface area (Å²) in [5.41, 5.74) is 3.87. The predicted molar refractivity (Wildman–Crippen MR) is 89.4 cm³/mol. The van der Waals surface area contributed by atoms with E-state index in [0.717, 1.165) is 13.1 Å². The van der Waals surface area contributed by atoms with Gasteiger partial charge in [-0.15, -0.1) is 0 Å². The third kappa shape index (κ3) is 4.87. The Kier molecular flexibility index (Phi) is 4.97. The molecule has 0 saturated heterocycles. The highest BCUT2D eigenvalue weighted by atomic mass is 15.1. The molecule has 0 saturated carbocycles. The first-order valence-electron chi connectivity index (χ1n) is 7.39. The molecule has 2 rings (SSSR count). The van der Waals surface area contributed by atoms with Gasteiger partial charge in [0.1, 0.15) is 0 Å². The first kappa shape index (κ1) is 15.5. The Morgan fingerprint density at radius 3 is 2.48 bits per heavy atom. The van der Waals surface area contributed by atoms with E-state index in [2.05, 4.69) is 73.4 Å². The molecule has 0 bridgehead atoms. The number of anilines is 1. The van der Waals surface area contributed by atoms with E-state index < -0.39 is 0 Å². The molecule has 1 aromatic carbocycles. The molecule has 2 aromatic rings. The SMILES string of the molecule is CN(Cc1ccccc1)c1cnccc1CNC(C)(C)C. The van der Waals surface area contributed by atoms with Crippen LogP contribution in [0.2, 0.25) is 0 Å². The molecule has 0 aliphatic rings. The number of nitrogens with zero attached hydrogens (tertiary/aromatic N) is 2. The molecule has 0 spiro atoms. The van der Waals surface area contributed by atoms with Crippen LogP contribution in [0, 0.1) is 0 Å². The van der Waals surface area contributed by atoms with E-state index in [0.29, 0.717) is 0 Å². The second-order valence-corrected chi connectivity index (χ2v) is 6.45. The zero-order valence-corrected chi connectivity index (χ0v) is 13.4. The fraction of sp³-hybridized carbons (Fsp3) is 0.389. The van der Waals surface area contributed by atoms with Crippen molar-refractivity contribution in [3.63, 3.8) is 0 Å². The minimum absolute atomic E-state index is 0.110. The Balaban J connectivity index is 2.11. The van der Waals surface area contributed by atoms with Gasteiger partial charge in [-0.2, -0.15) is 0 Å². The molecule has 3 heteroatoms. The number of benzene rings is 1. The van der Waals surface area contributed by atoms with Crippen LogP contribution in [0.15, 0.2) is 48.8 Å². The summed E-state index contributed by atoms with van der Waals surface area (Å²) in [6.45, 7) is 8.28. The van der Waals surface area contributed by atoms with Gasteiger partial charge in [-0.1, -0.05) is 30.3 Å². The molecule has 21 heavy (non-hydrogen) atoms. The lowest BCUT2D eigenvalue weighted by Gasteiger charge is -2.25. The van der Waals surface area contributed by atoms with Crippen molar-refractivity contribution >= 4 is 5.69 Å². The normalized spacial score (nSPS) is 11.4. The molecule has 0 aliphatic heterocycles. The van der Waals surface area contributed by atoms with Gasteiger partial charge in [0, 0.05) is 31.9 Å². The maximum Gasteiger partial charge on any atom is 0.0598 e. The van der Waals surface area contributed by atoms with Crippen LogP contribution in [0.4, 0.5) is 5.69 Å². The van der Waals surface area contributed by atoms with Gasteiger partial charge in [-0.05, 0) is 38.0 Å². The first-order chi connectivity index (χ1) is 9.96. The Labute approximate surface area is 128 Å². The van der Waals surface area contributed by atoms with E-state index in [1.807, 2.05) is 18.5 Å². The number of aromatic nitrogens is 1. The molecule has 0 amide bonds. The smallest absolute Gasteiger partial charge is 0.0598 e. The van der Waals surface area contributed by atoms with Gasteiger partial charge in [0.25, 0.3) is 0 Å². The molecule has 0 radical (unpaired) electrons. The molecule has 1 heterocycles. The Morgan fingerprint density at radius 2 is 1.81 bits per heavy atom. The predicted octanol–water partition coefficient (Wildman–Crippen LogP) is 3.61. The van der Waals surface area contributed by atoms with E-state index in [1.165, 1.54) is 16.8 Å². The lowest BCUT2D eigenvalue weighted by Crippen LogP contribution is -2.35. The molecule has 0 unspecified atom stereocenters. The van der Waals surface area contributed by atoms with Crippen LogP contribution in [0.1, 0.15) is 31.9 Å². The summed E-state index contributed by atoms with van der Waals surface area (Å²) < 4.78 is 0. The van der Waals surface area contributed by atoms with Crippen LogP contribution >= 0.6 is 0 Å². The largest absolute Gasteiger partial charge is 0.369 e. The summed E-state index contributed by atoms with van der Waals surface area (Å²) in [5.74, 6) is 0. The summed E-state index contributed by atoms with van der Waals surface area (Å²) in [5, 5.41) is 3.54. The van der Waals surface area contributed by atoms with Gasteiger partial charge >= 0.3 is 0 Å². The van der Waals surface area contributed by atoms with Crippen LogP contribution in [-0.2, 0) is 13.1 Å². The minimum Gasteiger partial charge on any atom is -0.369 e. The van der Waals surface area contributed by atoms with Gasteiger partial charge in [-0.3, -0.25) is 4.98 Å². The van der Waals surface area contributed by atoms with Gasteiger partial charge in [0.2, 0.25) is 0 Å². The molecule has 0 fully saturated rings. The quantitative estimate of drug-likeness (QED) is 0.908. The van der Waals surface area contributed by atoms with Crippen molar-refractivity contribution in [3.05, 3.63) is 59.9 Å². The highest BCUT2D eigenvalue weighted by Crippen LogP contribution is 2.20. The number of nitrogens with one attached hydrogen (secondary N) is 1. The standard InChI is InChI=1S/C18H25N3/c1-18(2,3)20-12-16-10-11-19-13-17(16)21(4)14-15-8-6-5-7-9-15/h5-11,13,20H,12,14H2,1-4H3. The van der Waals surface area contributed by atoms with Gasteiger partial charge < -0.3 is 10.2 Å². The summed E-state index contributed by atoms with van der Waals surface area (Å²) in [6.07, 6.45) is 3.81. The monoisotopic (exact) mass is 283 g/mol. The molecule has 1 aromatic heterocycles. The Morgan fingerprint density at radius 1 is 1.10 bits per heavy atom. The van der Waals surface area contributed by atoms with Crippen molar-refractivity contribution in [1.29, 1.82) is 0 Å². The van der Waals surface area contributed by atoms with E-state index in [1.54, 1.807) is 0 Å². The molecule has 1 N–H and O–H groups in total. The fourth-order valence-corrected chi connectivity index (χ4v) is 2.21. The van der Waals surface area contributed by atoms with Crippen molar-refractivity contribution in [1.82, 2.24) is 10.3 Å². The van der Waals surface area contributed by atoms with Crippen LogP contribution in [0.3, 0.4) is 0 Å². The van der Waals surface area contributed by atoms with Crippen LogP contribution in [0.5, 0.6) is 0 Å². The summed E-state index contributed by atoms with van der Waals surface area (Å²) in [6, 6.07) is 12.6. The van der Waals surface area contributed by atoms with E-state index >= 15 is 0 Å². The minimum atomic E-state index is 0.110. The highest BCUT2D eigenvalue weighted by molar-refractivity contribution is 5.51. The second kappa shape index (κ2) is 6.72. The van der Waals surface area contributed by atoms with Crippen molar-refractivity contribution in [3.8, 4) is 0 Å². The molecular formula is C18H25N3. The lowest BCUT2D eigenvalue weighted by atomic mass is 10.1. The van der Waals surface area contributed by atoms with Gasteiger partial charge in [0.05, 0.1) is 11.9 Å². The molecule has 112 valence electrons. The number of pyridine rings is 1. The second-order valence-electron chi connectivity index (χ2n) is 6.45. The van der Waals surface area contributed by atoms with Crippen LogP contribution in [-0.4, -0.2) is 17.6 Å². The van der Waals surface area contributed by atoms with E-state index in [9.17, 15) is 0 Å². The average molecular weight is 283 g/mol. The summed E-state index contributed by atoms with van der Waals surface area (Å²) in [7, 11) is 2.12. The first-order valence-corrected chi connectivity index (χ1v) is 7.39. The Bertz CT molecular complexity index is 558. The number of hydrogen-bond donors (Lipinski definition) is 1. The summed E-state index contributed by atoms with van der Waals surface area (Å²) >= 11 is 0. The number of hydrogen-bond acceptors (Lipinski definition) is 3. The van der Waals surface area contributed by atoms with Crippen molar-refractivity contribution < 1.29 is 0 Å². The van der Waals surface area contributed by atoms with Crippen molar-refractivity contribution in [2.75, 3.05) is 11.9 Å². The Hall–Kier alpha value is -1.87. The maximum absolute atomic E-state index is 4.28. The fourth-order valence-electron chi connectivity index (χ4n) is 2.21. The zero-order chi connectivity index (χ0) is 15.3. The third-order valence-electron chi connectivity index (χ3n) is 3.37. The lowest BCUT2D eigenvalue weighted by molar-refractivity contribution is 0.424. The van der Waals surface area contributed by atoms with Gasteiger partial charge in [-0.25, -0.2) is 0 Å². The van der Waals surface area contributed by atoms with Crippen molar-refractivity contribution in [2.45, 2.75) is 39.4 Å². The zero-order valence-electron chi connectivity index (χ0n) is 13.4. The highest BCUT2D eigenvalue weighted by Gasteiger charge is 2.12. The molecule has 0 atom stereocenters. The van der Waals surface area contributed by atoms with E-state index in [-0.39, 0.29) is 5.54 Å². The third-order valence-corrected chi connectivity index (χ3v) is 3.37. The molecule has 3 nitrogen and oxygen atoms in total. The van der Waals surface area contributed by atoms with Crippen LogP contribution < -0.4 is 10.2 Å². The van der Waals surface area contributed by atoms with Gasteiger partial charge in [0.15, 0.2) is 0 Å². The van der Waals surface area contributed by atoms with E-state index in [4.69, 9.17) is 0 Å². The maximum atomic E-state index is 4.28. The summed E-state index contributed by atoms with van der Waals surface area (Å²) in [4.78, 5) is 6.54. The molecule has 0 aliphatic carbocycles. The number of rotatable bonds is 5. The van der Waals surface area contributed by atoms with Crippen LogP contribution in [0.25, 0.3) is 0 Å².